The Bertz CT molecular complexity index is 1050. The maximum Gasteiger partial charge on any atom is 0.409 e. The molecule has 3 rings (SSSR count). The first-order valence-electron chi connectivity index (χ1n) is 8.93. The van der Waals surface area contributed by atoms with E-state index >= 15 is 0 Å². The topological polar surface area (TPSA) is 92.8 Å². The van der Waals surface area contributed by atoms with E-state index in [-0.39, 0.29) is 27.9 Å². The largest absolute Gasteiger partial charge is 0.453 e. The normalized spacial score (nSPS) is 14.2. The van der Waals surface area contributed by atoms with E-state index in [0.717, 1.165) is 0 Å². The zero-order valence-corrected chi connectivity index (χ0v) is 16.8. The number of carbonyl (C=O) groups is 2. The first-order chi connectivity index (χ1) is 13.7. The van der Waals surface area contributed by atoms with E-state index < -0.39 is 21.8 Å². The quantitative estimate of drug-likeness (QED) is 0.803. The molecule has 1 saturated heterocycles. The molecule has 1 heterocycles. The van der Waals surface area contributed by atoms with Crippen LogP contribution in [0.25, 0.3) is 0 Å². The smallest absolute Gasteiger partial charge is 0.409 e. The van der Waals surface area contributed by atoms with Crippen molar-refractivity contribution >= 4 is 27.5 Å². The van der Waals surface area contributed by atoms with Crippen LogP contribution in [0.4, 0.5) is 14.9 Å². The zero-order chi connectivity index (χ0) is 21.2. The van der Waals surface area contributed by atoms with Gasteiger partial charge in [-0.15, -0.1) is 0 Å². The summed E-state index contributed by atoms with van der Waals surface area (Å²) in [5.74, 6) is -1.17. The molecule has 29 heavy (non-hydrogen) atoms. The molecule has 2 aromatic rings. The van der Waals surface area contributed by atoms with E-state index in [1.807, 2.05) is 0 Å². The average Bonchev–Trinajstić information content (AvgIpc) is 2.66. The lowest BCUT2D eigenvalue weighted by Gasteiger charge is -2.37. The minimum absolute atomic E-state index is 0.0388. The van der Waals surface area contributed by atoms with Gasteiger partial charge in [-0.1, -0.05) is 6.07 Å². The number of aryl methyl sites for hydroxylation is 1. The molecular weight excluding hydrogens is 399 g/mol. The van der Waals surface area contributed by atoms with Crippen LogP contribution in [0.5, 0.6) is 0 Å². The van der Waals surface area contributed by atoms with Crippen LogP contribution in [-0.4, -0.2) is 51.3 Å². The molecule has 9 heteroatoms. The molecule has 0 aromatic heterocycles. The molecular formula is C20H21FN2O5S. The van der Waals surface area contributed by atoms with Crippen LogP contribution < -0.4 is 5.32 Å². The SMILES string of the molecule is COC(=O)N1CC(CS(=O)(=O)c2cccc(C(=O)Nc3ccc(F)c(C)c3)c2)C1. The predicted molar refractivity (Wildman–Crippen MR) is 105 cm³/mol. The summed E-state index contributed by atoms with van der Waals surface area (Å²) in [7, 11) is -2.35. The summed E-state index contributed by atoms with van der Waals surface area (Å²) < 4.78 is 43.3. The van der Waals surface area contributed by atoms with Gasteiger partial charge in [-0.2, -0.15) is 0 Å². The van der Waals surface area contributed by atoms with Crippen molar-refractivity contribution in [1.82, 2.24) is 4.90 Å². The molecule has 0 atom stereocenters. The number of rotatable bonds is 5. The highest BCUT2D eigenvalue weighted by molar-refractivity contribution is 7.91. The maximum atomic E-state index is 13.4. The van der Waals surface area contributed by atoms with E-state index in [1.165, 1.54) is 54.5 Å². The highest BCUT2D eigenvalue weighted by atomic mass is 32.2. The van der Waals surface area contributed by atoms with E-state index in [2.05, 4.69) is 10.1 Å². The second kappa shape index (κ2) is 8.20. The molecule has 0 bridgehead atoms. The number of anilines is 1. The Morgan fingerprint density at radius 3 is 2.59 bits per heavy atom. The van der Waals surface area contributed by atoms with Crippen molar-refractivity contribution in [3.8, 4) is 0 Å². The first kappa shape index (κ1) is 20.8. The fourth-order valence-corrected chi connectivity index (χ4v) is 4.73. The number of amides is 2. The highest BCUT2D eigenvalue weighted by Gasteiger charge is 2.35. The zero-order valence-electron chi connectivity index (χ0n) is 16.0. The summed E-state index contributed by atoms with van der Waals surface area (Å²) in [5.41, 5.74) is 0.984. The summed E-state index contributed by atoms with van der Waals surface area (Å²) in [6, 6.07) is 9.94. The van der Waals surface area contributed by atoms with Gasteiger partial charge < -0.3 is 15.0 Å². The molecule has 154 valence electrons. The number of nitrogens with zero attached hydrogens (tertiary/aromatic N) is 1. The van der Waals surface area contributed by atoms with Gasteiger partial charge in [0.1, 0.15) is 5.82 Å². The Labute approximate surface area is 168 Å². The summed E-state index contributed by atoms with van der Waals surface area (Å²) in [4.78, 5) is 25.3. The van der Waals surface area contributed by atoms with E-state index in [0.29, 0.717) is 24.3 Å². The van der Waals surface area contributed by atoms with Crippen LogP contribution in [0, 0.1) is 18.7 Å². The number of carbonyl (C=O) groups excluding carboxylic acids is 2. The lowest BCUT2D eigenvalue weighted by atomic mass is 10.0. The Kier molecular flexibility index (Phi) is 5.88. The molecule has 0 unspecified atom stereocenters. The molecule has 0 saturated carbocycles. The van der Waals surface area contributed by atoms with Crippen molar-refractivity contribution < 1.29 is 27.1 Å². The van der Waals surface area contributed by atoms with E-state index in [1.54, 1.807) is 6.92 Å². The third-order valence-corrected chi connectivity index (χ3v) is 6.60. The van der Waals surface area contributed by atoms with Gasteiger partial charge in [0.2, 0.25) is 0 Å². The molecule has 1 aliphatic rings. The fourth-order valence-electron chi connectivity index (χ4n) is 3.12. The van der Waals surface area contributed by atoms with Gasteiger partial charge in [0.25, 0.3) is 5.91 Å². The number of ether oxygens (including phenoxy) is 1. The standard InChI is InChI=1S/C20H21FN2O5S/c1-13-8-16(6-7-18(13)21)22-19(24)15-4-3-5-17(9-15)29(26,27)12-14-10-23(11-14)20(25)28-2/h3-9,14H,10-12H2,1-2H3,(H,22,24). The van der Waals surface area contributed by atoms with Crippen molar-refractivity contribution in [2.45, 2.75) is 11.8 Å². The van der Waals surface area contributed by atoms with Gasteiger partial charge in [-0.05, 0) is 48.9 Å². The predicted octanol–water partition coefficient (Wildman–Crippen LogP) is 2.86. The number of methoxy groups -OCH3 is 1. The maximum absolute atomic E-state index is 13.4. The molecule has 1 N–H and O–H groups in total. The summed E-state index contributed by atoms with van der Waals surface area (Å²) in [6.07, 6.45) is -0.478. The second-order valence-corrected chi connectivity index (χ2v) is 9.00. The number of sulfone groups is 1. The lowest BCUT2D eigenvalue weighted by molar-refractivity contribution is 0.0742. The Hall–Kier alpha value is -2.94. The van der Waals surface area contributed by atoms with E-state index in [9.17, 15) is 22.4 Å². The van der Waals surface area contributed by atoms with Gasteiger partial charge in [0, 0.05) is 30.3 Å². The van der Waals surface area contributed by atoms with Gasteiger partial charge in [-0.3, -0.25) is 4.79 Å². The van der Waals surface area contributed by atoms with Gasteiger partial charge in [0.05, 0.1) is 17.8 Å². The third-order valence-electron chi connectivity index (χ3n) is 4.72. The average molecular weight is 420 g/mol. The van der Waals surface area contributed by atoms with Gasteiger partial charge >= 0.3 is 6.09 Å². The van der Waals surface area contributed by atoms with Gasteiger partial charge in [0.15, 0.2) is 9.84 Å². The molecule has 7 nitrogen and oxygen atoms in total. The second-order valence-electron chi connectivity index (χ2n) is 6.97. The molecule has 2 amide bonds. The van der Waals surface area contributed by atoms with Crippen molar-refractivity contribution in [3.05, 3.63) is 59.4 Å². The number of benzene rings is 2. The van der Waals surface area contributed by atoms with Crippen molar-refractivity contribution in [2.75, 3.05) is 31.3 Å². The number of hydrogen-bond acceptors (Lipinski definition) is 5. The van der Waals surface area contributed by atoms with Crippen LogP contribution in [0.2, 0.25) is 0 Å². The summed E-state index contributed by atoms with van der Waals surface area (Å²) in [5, 5.41) is 2.63. The van der Waals surface area contributed by atoms with Crippen LogP contribution in [-0.2, 0) is 14.6 Å². The molecule has 0 aliphatic carbocycles. The Morgan fingerprint density at radius 2 is 1.93 bits per heavy atom. The highest BCUT2D eigenvalue weighted by Crippen LogP contribution is 2.23. The van der Waals surface area contributed by atoms with E-state index in [4.69, 9.17) is 0 Å². The van der Waals surface area contributed by atoms with Crippen molar-refractivity contribution in [1.29, 1.82) is 0 Å². The third kappa shape index (κ3) is 4.73. The van der Waals surface area contributed by atoms with Crippen molar-refractivity contribution in [3.63, 3.8) is 0 Å². The number of halogens is 1. The summed E-state index contributed by atoms with van der Waals surface area (Å²) >= 11 is 0. The molecule has 2 aromatic carbocycles. The lowest BCUT2D eigenvalue weighted by Crippen LogP contribution is -2.52. The number of likely N-dealkylation sites (tertiary alicyclic amines) is 1. The van der Waals surface area contributed by atoms with Crippen LogP contribution in [0.15, 0.2) is 47.4 Å². The van der Waals surface area contributed by atoms with Crippen LogP contribution in [0.1, 0.15) is 15.9 Å². The Balaban J connectivity index is 1.69. The number of nitrogens with one attached hydrogen (secondary N) is 1. The molecule has 0 spiro atoms. The van der Waals surface area contributed by atoms with Gasteiger partial charge in [-0.25, -0.2) is 17.6 Å². The molecule has 1 aliphatic heterocycles. The van der Waals surface area contributed by atoms with Crippen LogP contribution >= 0.6 is 0 Å². The van der Waals surface area contributed by atoms with Crippen LogP contribution in [0.3, 0.4) is 0 Å². The minimum atomic E-state index is -3.63. The minimum Gasteiger partial charge on any atom is -0.453 e. The monoisotopic (exact) mass is 420 g/mol. The van der Waals surface area contributed by atoms with Crippen molar-refractivity contribution in [2.24, 2.45) is 5.92 Å². The Morgan fingerprint density at radius 1 is 1.21 bits per heavy atom. The number of hydrogen-bond donors (Lipinski definition) is 1. The molecule has 1 fully saturated rings. The fraction of sp³-hybridized carbons (Fsp3) is 0.300. The summed E-state index contributed by atoms with van der Waals surface area (Å²) in [6.45, 7) is 2.21. The first-order valence-corrected chi connectivity index (χ1v) is 10.6. The molecule has 0 radical (unpaired) electrons.